The predicted octanol–water partition coefficient (Wildman–Crippen LogP) is 3.16. The van der Waals surface area contributed by atoms with Gasteiger partial charge in [-0.05, 0) is 33.6 Å². The summed E-state index contributed by atoms with van der Waals surface area (Å²) in [5.41, 5.74) is -3.90. The topological polar surface area (TPSA) is 99.1 Å². The van der Waals surface area contributed by atoms with Crippen molar-refractivity contribution in [2.45, 2.75) is 85.2 Å². The molecular weight excluding hydrogens is 352 g/mol. The molecule has 0 heterocycles. The van der Waals surface area contributed by atoms with Crippen molar-refractivity contribution < 1.29 is 33.7 Å². The molecule has 0 aromatic carbocycles. The fraction of sp³-hybridized carbons (Fsp3) is 0.850. The average Bonchev–Trinajstić information content (AvgIpc) is 2.62. The van der Waals surface area contributed by atoms with E-state index >= 15 is 0 Å². The smallest absolute Gasteiger partial charge is 0.339 e. The Bertz CT molecular complexity index is 467. The fourth-order valence-electron chi connectivity index (χ4n) is 3.25. The third-order valence-electron chi connectivity index (χ3n) is 4.69. The highest BCUT2D eigenvalue weighted by atomic mass is 16.6. The Labute approximate surface area is 162 Å². The molecule has 7 heteroatoms. The first-order chi connectivity index (χ1) is 12.8. The van der Waals surface area contributed by atoms with Crippen LogP contribution in [0, 0.1) is 5.41 Å². The second-order valence-electron chi connectivity index (χ2n) is 6.57. The summed E-state index contributed by atoms with van der Waals surface area (Å²) >= 11 is 0. The van der Waals surface area contributed by atoms with Crippen molar-refractivity contribution in [3.63, 3.8) is 0 Å². The second kappa shape index (κ2) is 12.7. The highest BCUT2D eigenvalue weighted by Gasteiger charge is 2.62. The molecule has 0 bridgehead atoms. The van der Waals surface area contributed by atoms with Gasteiger partial charge in [0, 0.05) is 0 Å². The Morgan fingerprint density at radius 1 is 0.741 bits per heavy atom. The number of esters is 3. The largest absolute Gasteiger partial charge is 0.466 e. The highest BCUT2D eigenvalue weighted by Crippen LogP contribution is 2.46. The van der Waals surface area contributed by atoms with E-state index in [9.17, 15) is 19.5 Å². The van der Waals surface area contributed by atoms with Gasteiger partial charge in [-0.15, -0.1) is 0 Å². The van der Waals surface area contributed by atoms with Crippen LogP contribution < -0.4 is 0 Å². The van der Waals surface area contributed by atoms with Gasteiger partial charge in [0.1, 0.15) is 5.41 Å². The van der Waals surface area contributed by atoms with Gasteiger partial charge >= 0.3 is 17.9 Å². The van der Waals surface area contributed by atoms with E-state index in [0.717, 1.165) is 12.8 Å². The number of hydrogen-bond acceptors (Lipinski definition) is 7. The van der Waals surface area contributed by atoms with Crippen molar-refractivity contribution in [2.24, 2.45) is 5.41 Å². The molecule has 0 aromatic rings. The van der Waals surface area contributed by atoms with E-state index in [1.165, 1.54) is 0 Å². The van der Waals surface area contributed by atoms with Crippen LogP contribution in [-0.4, -0.2) is 48.4 Å². The molecule has 0 fully saturated rings. The minimum atomic E-state index is -2.34. The molecule has 0 radical (unpaired) electrons. The summed E-state index contributed by atoms with van der Waals surface area (Å²) in [6.07, 6.45) is 2.48. The minimum absolute atomic E-state index is 0.0183. The van der Waals surface area contributed by atoms with E-state index < -0.39 is 35.3 Å². The molecular formula is C20H36O7. The molecule has 1 N–H and O–H groups in total. The van der Waals surface area contributed by atoms with Crippen LogP contribution in [0.5, 0.6) is 0 Å². The van der Waals surface area contributed by atoms with Crippen molar-refractivity contribution in [3.05, 3.63) is 0 Å². The zero-order chi connectivity index (χ0) is 20.9. The van der Waals surface area contributed by atoms with E-state index in [2.05, 4.69) is 0 Å². The summed E-state index contributed by atoms with van der Waals surface area (Å²) < 4.78 is 15.3. The molecule has 1 unspecified atom stereocenters. The molecule has 7 nitrogen and oxygen atoms in total. The number of carbonyl (C=O) groups is 3. The molecule has 158 valence electrons. The summed E-state index contributed by atoms with van der Waals surface area (Å²) in [5, 5.41) is 11.5. The van der Waals surface area contributed by atoms with Gasteiger partial charge in [0.25, 0.3) is 0 Å². The van der Waals surface area contributed by atoms with Crippen molar-refractivity contribution in [3.8, 4) is 0 Å². The van der Waals surface area contributed by atoms with Crippen LogP contribution in [0.15, 0.2) is 0 Å². The van der Waals surface area contributed by atoms with Crippen LogP contribution >= 0.6 is 0 Å². The summed E-state index contributed by atoms with van der Waals surface area (Å²) in [7, 11) is 0. The monoisotopic (exact) mass is 388 g/mol. The van der Waals surface area contributed by atoms with Crippen LogP contribution in [0.25, 0.3) is 0 Å². The number of carbonyl (C=O) groups excluding carboxylic acids is 3. The first-order valence-corrected chi connectivity index (χ1v) is 10.0. The molecule has 0 saturated heterocycles. The SMILES string of the molecule is CCCCC(CCCC)(C(=O)OCC)C(O)(CC(=O)OCC)C(=O)OCC. The summed E-state index contributed by atoms with van der Waals surface area (Å²) in [6.45, 7) is 9.03. The number of hydrogen-bond donors (Lipinski definition) is 1. The number of rotatable bonds is 14. The molecule has 0 aromatic heterocycles. The Hall–Kier alpha value is -1.63. The van der Waals surface area contributed by atoms with Crippen molar-refractivity contribution in [2.75, 3.05) is 19.8 Å². The Balaban J connectivity index is 6.34. The minimum Gasteiger partial charge on any atom is -0.466 e. The Morgan fingerprint density at radius 3 is 1.59 bits per heavy atom. The quantitative estimate of drug-likeness (QED) is 0.360. The van der Waals surface area contributed by atoms with Gasteiger partial charge in [-0.1, -0.05) is 39.5 Å². The van der Waals surface area contributed by atoms with Crippen LogP contribution in [-0.2, 0) is 28.6 Å². The molecule has 0 rings (SSSR count). The number of aliphatic hydroxyl groups is 1. The van der Waals surface area contributed by atoms with Gasteiger partial charge in [0.05, 0.1) is 26.2 Å². The van der Waals surface area contributed by atoms with Crippen molar-refractivity contribution in [1.82, 2.24) is 0 Å². The van der Waals surface area contributed by atoms with E-state index in [4.69, 9.17) is 14.2 Å². The fourth-order valence-corrected chi connectivity index (χ4v) is 3.25. The lowest BCUT2D eigenvalue weighted by Crippen LogP contribution is -2.60. The lowest BCUT2D eigenvalue weighted by molar-refractivity contribution is -0.203. The van der Waals surface area contributed by atoms with Gasteiger partial charge in [0.2, 0.25) is 0 Å². The maximum Gasteiger partial charge on any atom is 0.339 e. The van der Waals surface area contributed by atoms with Crippen LogP contribution in [0.1, 0.15) is 79.6 Å². The maximum atomic E-state index is 13.0. The first-order valence-electron chi connectivity index (χ1n) is 10.0. The predicted molar refractivity (Wildman–Crippen MR) is 101 cm³/mol. The average molecular weight is 389 g/mol. The lowest BCUT2D eigenvalue weighted by Gasteiger charge is -2.43. The van der Waals surface area contributed by atoms with E-state index in [1.54, 1.807) is 20.8 Å². The van der Waals surface area contributed by atoms with Gasteiger partial charge in [0.15, 0.2) is 5.60 Å². The van der Waals surface area contributed by atoms with Crippen LogP contribution in [0.3, 0.4) is 0 Å². The summed E-state index contributed by atoms with van der Waals surface area (Å²) in [5.74, 6) is -2.42. The molecule has 0 aliphatic heterocycles. The molecule has 27 heavy (non-hydrogen) atoms. The van der Waals surface area contributed by atoms with Gasteiger partial charge in [-0.25, -0.2) is 4.79 Å². The normalized spacial score (nSPS) is 13.6. The molecule has 0 aliphatic rings. The van der Waals surface area contributed by atoms with Crippen molar-refractivity contribution in [1.29, 1.82) is 0 Å². The molecule has 0 amide bonds. The highest BCUT2D eigenvalue weighted by molar-refractivity contribution is 5.94. The number of unbranched alkanes of at least 4 members (excludes halogenated alkanes) is 2. The lowest BCUT2D eigenvalue weighted by atomic mass is 9.64. The summed E-state index contributed by atoms with van der Waals surface area (Å²) in [6, 6.07) is 0. The zero-order valence-electron chi connectivity index (χ0n) is 17.5. The molecule has 0 aliphatic carbocycles. The Morgan fingerprint density at radius 2 is 1.19 bits per heavy atom. The molecule has 0 saturated carbocycles. The second-order valence-corrected chi connectivity index (χ2v) is 6.57. The van der Waals surface area contributed by atoms with E-state index in [0.29, 0.717) is 12.8 Å². The van der Waals surface area contributed by atoms with Gasteiger partial charge in [-0.2, -0.15) is 0 Å². The standard InChI is InChI=1S/C20H36O7/c1-6-11-13-19(14-12-7-2,17(22)26-9-4)20(24,18(23)27-10-5)15-16(21)25-8-3/h24H,6-15H2,1-5H3. The zero-order valence-corrected chi connectivity index (χ0v) is 17.5. The summed E-state index contributed by atoms with van der Waals surface area (Å²) in [4.78, 5) is 38.0. The first kappa shape index (κ1) is 25.4. The van der Waals surface area contributed by atoms with Crippen molar-refractivity contribution >= 4 is 17.9 Å². The Kier molecular flexibility index (Phi) is 11.9. The third kappa shape index (κ3) is 6.48. The molecule has 0 spiro atoms. The van der Waals surface area contributed by atoms with Gasteiger partial charge in [-0.3, -0.25) is 9.59 Å². The van der Waals surface area contributed by atoms with Crippen LogP contribution in [0.2, 0.25) is 0 Å². The third-order valence-corrected chi connectivity index (χ3v) is 4.69. The molecule has 1 atom stereocenters. The maximum absolute atomic E-state index is 13.0. The van der Waals surface area contributed by atoms with E-state index in [-0.39, 0.29) is 32.7 Å². The van der Waals surface area contributed by atoms with Gasteiger partial charge < -0.3 is 19.3 Å². The van der Waals surface area contributed by atoms with E-state index in [1.807, 2.05) is 13.8 Å². The van der Waals surface area contributed by atoms with Crippen LogP contribution in [0.4, 0.5) is 0 Å². The number of ether oxygens (including phenoxy) is 3.